The number of rotatable bonds is 6. The van der Waals surface area contributed by atoms with Crippen molar-refractivity contribution in [2.24, 2.45) is 0 Å². The Bertz CT molecular complexity index is 855. The third-order valence-electron chi connectivity index (χ3n) is 8.15. The predicted molar refractivity (Wildman–Crippen MR) is 139 cm³/mol. The molecule has 1 aliphatic rings. The van der Waals surface area contributed by atoms with Crippen LogP contribution in [-0.2, 0) is 14.3 Å². The van der Waals surface area contributed by atoms with Crippen molar-refractivity contribution < 1.29 is 8.85 Å². The summed E-state index contributed by atoms with van der Waals surface area (Å²) in [5, 5.41) is 0.345. The Labute approximate surface area is 192 Å². The van der Waals surface area contributed by atoms with Gasteiger partial charge in [-0.1, -0.05) is 90.1 Å². The van der Waals surface area contributed by atoms with Crippen molar-refractivity contribution in [3.05, 3.63) is 59.7 Å². The maximum Gasteiger partial charge on any atom is 0.192 e. The SMILES string of the molecule is CC(C)(C)[Si](C)(C)OCC1(CO[Si](C)(C)C(C)(C)C)c2ccccc2-c2ccccc21. The van der Waals surface area contributed by atoms with Crippen LogP contribution in [0.1, 0.15) is 52.7 Å². The average Bonchev–Trinajstić information content (AvgIpc) is 2.94. The van der Waals surface area contributed by atoms with Gasteiger partial charge in [-0.2, -0.15) is 0 Å². The predicted octanol–water partition coefficient (Wildman–Crippen LogP) is 8.00. The standard InChI is InChI=1S/C27H42O2Si2/c1-25(2,3)30(7,8)28-19-27(20-29-31(9,10)26(4,5)6)23-17-13-11-15-21(23)22-16-12-14-18-24(22)27/h11-18H,19-20H2,1-10H3. The van der Waals surface area contributed by atoms with Gasteiger partial charge in [0.1, 0.15) is 0 Å². The lowest BCUT2D eigenvalue weighted by molar-refractivity contribution is 0.153. The maximum absolute atomic E-state index is 6.92. The van der Waals surface area contributed by atoms with E-state index >= 15 is 0 Å². The van der Waals surface area contributed by atoms with E-state index in [4.69, 9.17) is 8.85 Å². The Morgan fingerprint density at radius 1 is 0.613 bits per heavy atom. The lowest BCUT2D eigenvalue weighted by Gasteiger charge is -2.43. The zero-order valence-electron chi connectivity index (χ0n) is 21.3. The second-order valence-electron chi connectivity index (χ2n) is 12.3. The Morgan fingerprint density at radius 2 is 0.935 bits per heavy atom. The Hall–Kier alpha value is -1.21. The van der Waals surface area contributed by atoms with Gasteiger partial charge in [-0.05, 0) is 58.5 Å². The summed E-state index contributed by atoms with van der Waals surface area (Å²) in [5.74, 6) is 0. The summed E-state index contributed by atoms with van der Waals surface area (Å²) in [6, 6.07) is 17.7. The normalized spacial score (nSPS) is 16.2. The van der Waals surface area contributed by atoms with E-state index in [0.29, 0.717) is 13.2 Å². The van der Waals surface area contributed by atoms with Crippen molar-refractivity contribution >= 4 is 16.6 Å². The molecule has 0 spiro atoms. The molecule has 2 aromatic carbocycles. The Balaban J connectivity index is 2.10. The Morgan fingerprint density at radius 3 is 1.26 bits per heavy atom. The molecular weight excluding hydrogens is 412 g/mol. The molecule has 0 N–H and O–H groups in total. The van der Waals surface area contributed by atoms with E-state index in [1.54, 1.807) is 0 Å². The molecule has 0 saturated carbocycles. The first-order valence-electron chi connectivity index (χ1n) is 11.6. The van der Waals surface area contributed by atoms with Gasteiger partial charge in [-0.3, -0.25) is 0 Å². The zero-order valence-corrected chi connectivity index (χ0v) is 23.3. The van der Waals surface area contributed by atoms with Gasteiger partial charge in [-0.15, -0.1) is 0 Å². The van der Waals surface area contributed by atoms with Gasteiger partial charge in [0, 0.05) is 13.2 Å². The van der Waals surface area contributed by atoms with Crippen LogP contribution in [0.25, 0.3) is 11.1 Å². The fraction of sp³-hybridized carbons (Fsp3) is 0.556. The minimum atomic E-state index is -1.92. The van der Waals surface area contributed by atoms with Crippen LogP contribution in [0.2, 0.25) is 36.3 Å². The molecule has 0 atom stereocenters. The third kappa shape index (κ3) is 4.37. The molecule has 0 aromatic heterocycles. The molecule has 0 saturated heterocycles. The number of hydrogen-bond acceptors (Lipinski definition) is 2. The minimum Gasteiger partial charge on any atom is -0.415 e. The molecule has 0 amide bonds. The molecule has 4 heteroatoms. The summed E-state index contributed by atoms with van der Waals surface area (Å²) in [6.07, 6.45) is 0. The van der Waals surface area contributed by atoms with Crippen LogP contribution in [0.15, 0.2) is 48.5 Å². The quantitative estimate of drug-likeness (QED) is 0.412. The molecule has 0 heterocycles. The van der Waals surface area contributed by atoms with Gasteiger partial charge < -0.3 is 8.85 Å². The Kier molecular flexibility index (Phi) is 6.29. The molecule has 1 aliphatic carbocycles. The highest BCUT2D eigenvalue weighted by Gasteiger charge is 2.48. The highest BCUT2D eigenvalue weighted by molar-refractivity contribution is 6.74. The van der Waals surface area contributed by atoms with Crippen molar-refractivity contribution in [2.45, 2.75) is 83.2 Å². The molecule has 0 fully saturated rings. The minimum absolute atomic E-state index is 0.173. The van der Waals surface area contributed by atoms with Gasteiger partial charge in [0.25, 0.3) is 0 Å². The molecule has 3 rings (SSSR count). The van der Waals surface area contributed by atoms with E-state index in [1.165, 1.54) is 22.3 Å². The van der Waals surface area contributed by atoms with Gasteiger partial charge in [0.2, 0.25) is 0 Å². The number of benzene rings is 2. The summed E-state index contributed by atoms with van der Waals surface area (Å²) in [4.78, 5) is 0. The molecule has 170 valence electrons. The summed E-state index contributed by atoms with van der Waals surface area (Å²) in [7, 11) is -3.84. The van der Waals surface area contributed by atoms with E-state index in [1.807, 2.05) is 0 Å². The zero-order chi connectivity index (χ0) is 23.3. The fourth-order valence-corrected chi connectivity index (χ4v) is 5.89. The molecule has 0 unspecified atom stereocenters. The molecular formula is C27H42O2Si2. The van der Waals surface area contributed by atoms with Crippen LogP contribution in [0.4, 0.5) is 0 Å². The summed E-state index contributed by atoms with van der Waals surface area (Å²) < 4.78 is 13.8. The second kappa shape index (κ2) is 7.98. The van der Waals surface area contributed by atoms with Crippen molar-refractivity contribution in [3.63, 3.8) is 0 Å². The van der Waals surface area contributed by atoms with Crippen LogP contribution in [-0.4, -0.2) is 29.8 Å². The van der Waals surface area contributed by atoms with Gasteiger partial charge in [-0.25, -0.2) is 0 Å². The third-order valence-corrected chi connectivity index (χ3v) is 17.1. The van der Waals surface area contributed by atoms with E-state index < -0.39 is 16.6 Å². The molecule has 31 heavy (non-hydrogen) atoms. The topological polar surface area (TPSA) is 18.5 Å². The van der Waals surface area contributed by atoms with Gasteiger partial charge >= 0.3 is 0 Å². The van der Waals surface area contributed by atoms with Crippen molar-refractivity contribution in [3.8, 4) is 11.1 Å². The smallest absolute Gasteiger partial charge is 0.192 e. The highest BCUT2D eigenvalue weighted by atomic mass is 28.4. The van der Waals surface area contributed by atoms with Crippen molar-refractivity contribution in [1.82, 2.24) is 0 Å². The summed E-state index contributed by atoms with van der Waals surface area (Å²) >= 11 is 0. The molecule has 2 aromatic rings. The fourth-order valence-electron chi connectivity index (χ4n) is 3.81. The lowest BCUT2D eigenvalue weighted by atomic mass is 9.80. The monoisotopic (exact) mass is 454 g/mol. The van der Waals surface area contributed by atoms with Crippen LogP contribution in [0, 0.1) is 0 Å². The second-order valence-corrected chi connectivity index (χ2v) is 21.9. The molecule has 0 aliphatic heterocycles. The first kappa shape index (κ1) is 24.4. The highest BCUT2D eigenvalue weighted by Crippen LogP contribution is 2.51. The van der Waals surface area contributed by atoms with Crippen molar-refractivity contribution in [2.75, 3.05) is 13.2 Å². The lowest BCUT2D eigenvalue weighted by Crippen LogP contribution is -2.49. The number of fused-ring (bicyclic) bond motifs is 3. The van der Waals surface area contributed by atoms with E-state index in [9.17, 15) is 0 Å². The average molecular weight is 455 g/mol. The summed E-state index contributed by atoms with van der Waals surface area (Å²) in [6.45, 7) is 24.6. The first-order chi connectivity index (χ1) is 14.1. The van der Waals surface area contributed by atoms with E-state index in [0.717, 1.165) is 0 Å². The molecule has 0 radical (unpaired) electrons. The van der Waals surface area contributed by atoms with Gasteiger partial charge in [0.05, 0.1) is 5.41 Å². The number of hydrogen-bond donors (Lipinski definition) is 0. The van der Waals surface area contributed by atoms with Crippen molar-refractivity contribution in [1.29, 1.82) is 0 Å². The van der Waals surface area contributed by atoms with E-state index in [2.05, 4.69) is 116 Å². The molecule has 2 nitrogen and oxygen atoms in total. The van der Waals surface area contributed by atoms with Crippen LogP contribution < -0.4 is 0 Å². The summed E-state index contributed by atoms with van der Waals surface area (Å²) in [5.41, 5.74) is 5.10. The molecule has 0 bridgehead atoms. The first-order valence-corrected chi connectivity index (χ1v) is 17.4. The van der Waals surface area contributed by atoms with Crippen LogP contribution in [0.5, 0.6) is 0 Å². The van der Waals surface area contributed by atoms with Crippen LogP contribution >= 0.6 is 0 Å². The van der Waals surface area contributed by atoms with E-state index in [-0.39, 0.29) is 15.5 Å². The maximum atomic E-state index is 6.92. The largest absolute Gasteiger partial charge is 0.415 e. The van der Waals surface area contributed by atoms with Crippen LogP contribution in [0.3, 0.4) is 0 Å². The van der Waals surface area contributed by atoms with Gasteiger partial charge in [0.15, 0.2) is 16.6 Å².